The largest absolute Gasteiger partial charge is 0.321 e. The van der Waals surface area contributed by atoms with E-state index in [1.807, 2.05) is 30.3 Å². The average Bonchev–Trinajstić information content (AvgIpc) is 2.27. The molecule has 0 bridgehead atoms. The third kappa shape index (κ3) is 7.09. The van der Waals surface area contributed by atoms with Crippen LogP contribution in [0.5, 0.6) is 0 Å². The molecule has 0 aliphatic carbocycles. The van der Waals surface area contributed by atoms with Gasteiger partial charge < -0.3 is 4.52 Å². The molecule has 0 fully saturated rings. The summed E-state index contributed by atoms with van der Waals surface area (Å²) in [7, 11) is -2.53. The molecule has 1 rings (SSSR count). The standard InChI is InChI=1S/C13H19O3P/c1-17(2,15)16-11-13(14)10-6-9-12-7-4-3-5-8-12/h3-5,7-8H,6,9-11H2,1-2H3. The zero-order valence-corrected chi connectivity index (χ0v) is 11.3. The topological polar surface area (TPSA) is 43.4 Å². The molecule has 94 valence electrons. The van der Waals surface area contributed by atoms with Crippen LogP contribution in [0.15, 0.2) is 30.3 Å². The highest BCUT2D eigenvalue weighted by molar-refractivity contribution is 7.57. The van der Waals surface area contributed by atoms with Crippen molar-refractivity contribution < 1.29 is 13.9 Å². The van der Waals surface area contributed by atoms with Gasteiger partial charge in [0.1, 0.15) is 6.61 Å². The molecule has 0 saturated heterocycles. The van der Waals surface area contributed by atoms with Gasteiger partial charge in [-0.2, -0.15) is 0 Å². The summed E-state index contributed by atoms with van der Waals surface area (Å²) in [5, 5.41) is 0. The fourth-order valence-corrected chi connectivity index (χ4v) is 1.89. The highest BCUT2D eigenvalue weighted by atomic mass is 31.2. The molecule has 3 nitrogen and oxygen atoms in total. The van der Waals surface area contributed by atoms with Crippen LogP contribution in [0.2, 0.25) is 0 Å². The highest BCUT2D eigenvalue weighted by Gasteiger charge is 2.10. The maximum Gasteiger partial charge on any atom is 0.197 e. The van der Waals surface area contributed by atoms with E-state index in [2.05, 4.69) is 0 Å². The van der Waals surface area contributed by atoms with Crippen LogP contribution in [-0.4, -0.2) is 25.7 Å². The second-order valence-electron chi connectivity index (χ2n) is 4.40. The molecule has 17 heavy (non-hydrogen) atoms. The van der Waals surface area contributed by atoms with Crippen molar-refractivity contribution in [2.45, 2.75) is 19.3 Å². The summed E-state index contributed by atoms with van der Waals surface area (Å²) < 4.78 is 16.2. The Bertz CT molecular complexity index is 394. The normalized spacial score (nSPS) is 11.4. The Balaban J connectivity index is 2.19. The number of carbonyl (C=O) groups is 1. The Morgan fingerprint density at radius 3 is 2.47 bits per heavy atom. The number of hydrogen-bond donors (Lipinski definition) is 0. The number of carbonyl (C=O) groups excluding carboxylic acids is 1. The molecule has 0 heterocycles. The molecule has 0 aliphatic rings. The van der Waals surface area contributed by atoms with E-state index in [0.29, 0.717) is 6.42 Å². The van der Waals surface area contributed by atoms with Crippen molar-refractivity contribution in [3.05, 3.63) is 35.9 Å². The first-order valence-corrected chi connectivity index (χ1v) is 8.24. The summed E-state index contributed by atoms with van der Waals surface area (Å²) in [6, 6.07) is 10.1. The van der Waals surface area contributed by atoms with Gasteiger partial charge in [-0.15, -0.1) is 0 Å². The molecule has 0 unspecified atom stereocenters. The van der Waals surface area contributed by atoms with Gasteiger partial charge in [-0.1, -0.05) is 30.3 Å². The lowest BCUT2D eigenvalue weighted by Gasteiger charge is -2.07. The van der Waals surface area contributed by atoms with Crippen molar-refractivity contribution in [3.63, 3.8) is 0 Å². The summed E-state index contributed by atoms with van der Waals surface area (Å²) in [6.45, 7) is 3.01. The smallest absolute Gasteiger partial charge is 0.197 e. The van der Waals surface area contributed by atoms with E-state index in [1.165, 1.54) is 18.9 Å². The molecule has 0 spiro atoms. The highest BCUT2D eigenvalue weighted by Crippen LogP contribution is 2.36. The van der Waals surface area contributed by atoms with E-state index in [9.17, 15) is 9.36 Å². The van der Waals surface area contributed by atoms with Gasteiger partial charge in [0.25, 0.3) is 0 Å². The molecule has 0 atom stereocenters. The summed E-state index contributed by atoms with van der Waals surface area (Å²) in [5.74, 6) is 0.0184. The SMILES string of the molecule is CP(C)(=O)OCC(=O)CCCc1ccccc1. The Hall–Kier alpha value is -0.920. The molecule has 0 N–H and O–H groups in total. The lowest BCUT2D eigenvalue weighted by atomic mass is 10.1. The third-order valence-corrected chi connectivity index (χ3v) is 3.05. The van der Waals surface area contributed by atoms with E-state index in [0.717, 1.165) is 12.8 Å². The number of hydrogen-bond acceptors (Lipinski definition) is 3. The maximum absolute atomic E-state index is 11.4. The average molecular weight is 254 g/mol. The molecule has 1 aromatic carbocycles. The maximum atomic E-state index is 11.4. The molecule has 0 aliphatic heterocycles. The van der Waals surface area contributed by atoms with E-state index in [1.54, 1.807) is 0 Å². The lowest BCUT2D eigenvalue weighted by molar-refractivity contribution is -0.121. The zero-order chi connectivity index (χ0) is 12.7. The second-order valence-corrected chi connectivity index (χ2v) is 7.17. The molecule has 0 radical (unpaired) electrons. The number of aryl methyl sites for hydroxylation is 1. The van der Waals surface area contributed by atoms with E-state index in [4.69, 9.17) is 4.52 Å². The lowest BCUT2D eigenvalue weighted by Crippen LogP contribution is -2.07. The van der Waals surface area contributed by atoms with Crippen LogP contribution in [-0.2, 0) is 20.3 Å². The number of rotatable bonds is 7. The van der Waals surface area contributed by atoms with Gasteiger partial charge >= 0.3 is 0 Å². The van der Waals surface area contributed by atoms with Crippen molar-refractivity contribution in [1.82, 2.24) is 0 Å². The van der Waals surface area contributed by atoms with Gasteiger partial charge in [-0.3, -0.25) is 9.36 Å². The Labute approximate surface area is 103 Å². The Kier molecular flexibility index (Phi) is 5.60. The second kappa shape index (κ2) is 6.73. The minimum Gasteiger partial charge on any atom is -0.321 e. The number of ketones is 1. The van der Waals surface area contributed by atoms with Gasteiger partial charge in [-0.05, 0) is 18.4 Å². The summed E-state index contributed by atoms with van der Waals surface area (Å²) in [4.78, 5) is 11.4. The van der Waals surface area contributed by atoms with Crippen LogP contribution in [0.25, 0.3) is 0 Å². The van der Waals surface area contributed by atoms with Crippen molar-refractivity contribution in [2.24, 2.45) is 0 Å². The molecule has 0 saturated carbocycles. The number of Topliss-reactive ketones (excluding diaryl/α,β-unsaturated/α-hetero) is 1. The van der Waals surface area contributed by atoms with Crippen molar-refractivity contribution in [1.29, 1.82) is 0 Å². The van der Waals surface area contributed by atoms with E-state index in [-0.39, 0.29) is 12.4 Å². The zero-order valence-electron chi connectivity index (χ0n) is 10.4. The monoisotopic (exact) mass is 254 g/mol. The van der Waals surface area contributed by atoms with Crippen molar-refractivity contribution in [2.75, 3.05) is 19.9 Å². The molecule has 0 aromatic heterocycles. The molecular weight excluding hydrogens is 235 g/mol. The fraction of sp³-hybridized carbons (Fsp3) is 0.462. The van der Waals surface area contributed by atoms with Crippen molar-refractivity contribution in [3.8, 4) is 0 Å². The minimum absolute atomic E-state index is 0.0184. The Morgan fingerprint density at radius 2 is 1.88 bits per heavy atom. The summed E-state index contributed by atoms with van der Waals surface area (Å²) in [5.41, 5.74) is 1.23. The first-order valence-electron chi connectivity index (χ1n) is 5.72. The van der Waals surface area contributed by atoms with Crippen LogP contribution in [0.1, 0.15) is 18.4 Å². The summed E-state index contributed by atoms with van der Waals surface area (Å²) in [6.07, 6.45) is 2.18. The molecule has 1 aromatic rings. The Morgan fingerprint density at radius 1 is 1.24 bits per heavy atom. The van der Waals surface area contributed by atoms with Crippen LogP contribution in [0.4, 0.5) is 0 Å². The number of benzene rings is 1. The first kappa shape index (κ1) is 14.1. The van der Waals surface area contributed by atoms with E-state index >= 15 is 0 Å². The van der Waals surface area contributed by atoms with Crippen LogP contribution < -0.4 is 0 Å². The summed E-state index contributed by atoms with van der Waals surface area (Å²) >= 11 is 0. The molecular formula is C13H19O3P. The first-order chi connectivity index (χ1) is 7.97. The van der Waals surface area contributed by atoms with Gasteiger partial charge in [-0.25, -0.2) is 0 Å². The van der Waals surface area contributed by atoms with Gasteiger partial charge in [0, 0.05) is 19.8 Å². The van der Waals surface area contributed by atoms with Crippen LogP contribution >= 0.6 is 7.37 Å². The van der Waals surface area contributed by atoms with Gasteiger partial charge in [0.15, 0.2) is 13.2 Å². The minimum atomic E-state index is -2.53. The fourth-order valence-electron chi connectivity index (χ4n) is 1.43. The van der Waals surface area contributed by atoms with Crippen molar-refractivity contribution >= 4 is 13.2 Å². The van der Waals surface area contributed by atoms with Crippen LogP contribution in [0.3, 0.4) is 0 Å². The third-order valence-electron chi connectivity index (χ3n) is 2.30. The van der Waals surface area contributed by atoms with Gasteiger partial charge in [0.05, 0.1) is 0 Å². The van der Waals surface area contributed by atoms with E-state index < -0.39 is 7.37 Å². The molecule has 0 amide bonds. The quantitative estimate of drug-likeness (QED) is 0.702. The predicted octanol–water partition coefficient (Wildman–Crippen LogP) is 3.13. The van der Waals surface area contributed by atoms with Crippen LogP contribution in [0, 0.1) is 0 Å². The predicted molar refractivity (Wildman–Crippen MR) is 69.8 cm³/mol. The molecule has 4 heteroatoms. The van der Waals surface area contributed by atoms with Gasteiger partial charge in [0.2, 0.25) is 0 Å².